The summed E-state index contributed by atoms with van der Waals surface area (Å²) in [6.45, 7) is -0.0457. The standard InChI is InChI=1S/C13H21N3O3S/c1-14-13-12(7-4-8-15-13)20(18,19)16(9-10-17)11-5-2-3-6-11/h4,7-8,11,17H,2-3,5-6,9-10H2,1H3,(H,14,15). The molecule has 0 aromatic carbocycles. The van der Waals surface area contributed by atoms with E-state index in [0.717, 1.165) is 25.7 Å². The van der Waals surface area contributed by atoms with E-state index < -0.39 is 10.0 Å². The fourth-order valence-electron chi connectivity index (χ4n) is 2.70. The number of sulfonamides is 1. The molecule has 0 atom stereocenters. The van der Waals surface area contributed by atoms with Crippen molar-refractivity contribution in [1.82, 2.24) is 9.29 Å². The first-order chi connectivity index (χ1) is 9.61. The molecular formula is C13H21N3O3S. The van der Waals surface area contributed by atoms with Crippen LogP contribution in [0, 0.1) is 0 Å². The molecule has 0 unspecified atom stereocenters. The maximum Gasteiger partial charge on any atom is 0.247 e. The molecule has 0 bridgehead atoms. The lowest BCUT2D eigenvalue weighted by Crippen LogP contribution is -2.40. The predicted molar refractivity (Wildman–Crippen MR) is 77.0 cm³/mol. The summed E-state index contributed by atoms with van der Waals surface area (Å²) in [6, 6.07) is 3.14. The molecule has 112 valence electrons. The van der Waals surface area contributed by atoms with Crippen molar-refractivity contribution in [3.8, 4) is 0 Å². The number of rotatable bonds is 6. The molecule has 1 saturated carbocycles. The first-order valence-electron chi connectivity index (χ1n) is 6.86. The van der Waals surface area contributed by atoms with Gasteiger partial charge in [-0.1, -0.05) is 12.8 Å². The van der Waals surface area contributed by atoms with Crippen molar-refractivity contribution < 1.29 is 13.5 Å². The molecule has 20 heavy (non-hydrogen) atoms. The summed E-state index contributed by atoms with van der Waals surface area (Å²) < 4.78 is 27.1. The zero-order valence-electron chi connectivity index (χ0n) is 11.6. The van der Waals surface area contributed by atoms with Gasteiger partial charge in [0.1, 0.15) is 10.7 Å². The lowest BCUT2D eigenvalue weighted by atomic mass is 10.2. The second-order valence-corrected chi connectivity index (χ2v) is 6.74. The monoisotopic (exact) mass is 299 g/mol. The number of hydrogen-bond acceptors (Lipinski definition) is 5. The van der Waals surface area contributed by atoms with E-state index in [4.69, 9.17) is 0 Å². The molecular weight excluding hydrogens is 278 g/mol. The topological polar surface area (TPSA) is 82.5 Å². The summed E-state index contributed by atoms with van der Waals surface area (Å²) >= 11 is 0. The van der Waals surface area contributed by atoms with E-state index in [1.165, 1.54) is 4.31 Å². The van der Waals surface area contributed by atoms with E-state index in [9.17, 15) is 13.5 Å². The zero-order chi connectivity index (χ0) is 14.6. The van der Waals surface area contributed by atoms with Crippen molar-refractivity contribution in [2.45, 2.75) is 36.6 Å². The van der Waals surface area contributed by atoms with Crippen LogP contribution in [0.1, 0.15) is 25.7 Å². The third-order valence-electron chi connectivity index (χ3n) is 3.65. The molecule has 1 aliphatic carbocycles. The van der Waals surface area contributed by atoms with Crippen LogP contribution < -0.4 is 5.32 Å². The van der Waals surface area contributed by atoms with Gasteiger partial charge in [0.2, 0.25) is 10.0 Å². The number of pyridine rings is 1. The molecule has 1 aliphatic rings. The van der Waals surface area contributed by atoms with Gasteiger partial charge in [-0.05, 0) is 25.0 Å². The normalized spacial score (nSPS) is 16.8. The summed E-state index contributed by atoms with van der Waals surface area (Å²) in [6.07, 6.45) is 5.33. The largest absolute Gasteiger partial charge is 0.395 e. The Morgan fingerprint density at radius 1 is 1.45 bits per heavy atom. The van der Waals surface area contributed by atoms with E-state index in [1.54, 1.807) is 25.4 Å². The van der Waals surface area contributed by atoms with E-state index >= 15 is 0 Å². The highest BCUT2D eigenvalue weighted by Crippen LogP contribution is 2.30. The zero-order valence-corrected chi connectivity index (χ0v) is 12.4. The molecule has 7 heteroatoms. The van der Waals surface area contributed by atoms with Gasteiger partial charge in [0.05, 0.1) is 6.61 Å². The van der Waals surface area contributed by atoms with Gasteiger partial charge < -0.3 is 10.4 Å². The van der Waals surface area contributed by atoms with Crippen LogP contribution in [0.15, 0.2) is 23.2 Å². The minimum absolute atomic E-state index is 0.0166. The molecule has 2 rings (SSSR count). The summed E-state index contributed by atoms with van der Waals surface area (Å²) in [4.78, 5) is 4.22. The molecule has 2 N–H and O–H groups in total. The smallest absolute Gasteiger partial charge is 0.247 e. The van der Waals surface area contributed by atoms with Gasteiger partial charge in [0, 0.05) is 25.8 Å². The Morgan fingerprint density at radius 2 is 2.15 bits per heavy atom. The van der Waals surface area contributed by atoms with Crippen LogP contribution in [0.25, 0.3) is 0 Å². The number of aliphatic hydroxyl groups is 1. The highest BCUT2D eigenvalue weighted by molar-refractivity contribution is 7.89. The van der Waals surface area contributed by atoms with Gasteiger partial charge in [0.25, 0.3) is 0 Å². The number of aromatic nitrogens is 1. The number of hydrogen-bond donors (Lipinski definition) is 2. The van der Waals surface area contributed by atoms with E-state index in [1.807, 2.05) is 0 Å². The quantitative estimate of drug-likeness (QED) is 0.820. The molecule has 6 nitrogen and oxygen atoms in total. The Morgan fingerprint density at radius 3 is 2.75 bits per heavy atom. The fourth-order valence-corrected chi connectivity index (χ4v) is 4.53. The van der Waals surface area contributed by atoms with Crippen LogP contribution in [-0.2, 0) is 10.0 Å². The average Bonchev–Trinajstić information content (AvgIpc) is 2.98. The number of aliphatic hydroxyl groups excluding tert-OH is 1. The summed E-state index contributed by atoms with van der Waals surface area (Å²) in [5.74, 6) is 0.341. The van der Waals surface area contributed by atoms with Crippen LogP contribution in [0.2, 0.25) is 0 Å². The number of anilines is 1. The van der Waals surface area contributed by atoms with Crippen LogP contribution in [-0.4, -0.2) is 49.1 Å². The van der Waals surface area contributed by atoms with E-state index in [2.05, 4.69) is 10.3 Å². The van der Waals surface area contributed by atoms with Crippen molar-refractivity contribution >= 4 is 15.8 Å². The van der Waals surface area contributed by atoms with E-state index in [0.29, 0.717) is 5.82 Å². The Balaban J connectivity index is 2.39. The van der Waals surface area contributed by atoms with Gasteiger partial charge in [-0.25, -0.2) is 13.4 Å². The van der Waals surface area contributed by atoms with Crippen LogP contribution >= 0.6 is 0 Å². The Bertz CT molecular complexity index is 542. The minimum Gasteiger partial charge on any atom is -0.395 e. The SMILES string of the molecule is CNc1ncccc1S(=O)(=O)N(CCO)C1CCCC1. The van der Waals surface area contributed by atoms with Gasteiger partial charge >= 0.3 is 0 Å². The fraction of sp³-hybridized carbons (Fsp3) is 0.615. The maximum absolute atomic E-state index is 12.8. The molecule has 0 aliphatic heterocycles. The van der Waals surface area contributed by atoms with E-state index in [-0.39, 0.29) is 24.1 Å². The Kier molecular flexibility index (Phi) is 4.95. The molecule has 0 amide bonds. The summed E-state index contributed by atoms with van der Waals surface area (Å²) in [7, 11) is -1.99. The first-order valence-corrected chi connectivity index (χ1v) is 8.30. The lowest BCUT2D eigenvalue weighted by Gasteiger charge is -2.27. The molecule has 1 fully saturated rings. The molecule has 0 spiro atoms. The first kappa shape index (κ1) is 15.2. The summed E-state index contributed by atoms with van der Waals surface area (Å²) in [5, 5.41) is 12.0. The van der Waals surface area contributed by atoms with Gasteiger partial charge in [-0.15, -0.1) is 0 Å². The van der Waals surface area contributed by atoms with Crippen molar-refractivity contribution in [2.75, 3.05) is 25.5 Å². The van der Waals surface area contributed by atoms with Crippen LogP contribution in [0.3, 0.4) is 0 Å². The van der Waals surface area contributed by atoms with Gasteiger partial charge in [0.15, 0.2) is 0 Å². The molecule has 1 aromatic heterocycles. The maximum atomic E-state index is 12.8. The van der Waals surface area contributed by atoms with Crippen molar-refractivity contribution in [2.24, 2.45) is 0 Å². The molecule has 0 saturated heterocycles. The van der Waals surface area contributed by atoms with Gasteiger partial charge in [-0.3, -0.25) is 0 Å². The summed E-state index contributed by atoms with van der Waals surface area (Å²) in [5.41, 5.74) is 0. The molecule has 1 aromatic rings. The second kappa shape index (κ2) is 6.51. The highest BCUT2D eigenvalue weighted by atomic mass is 32.2. The highest BCUT2D eigenvalue weighted by Gasteiger charge is 2.34. The van der Waals surface area contributed by atoms with Crippen molar-refractivity contribution in [3.63, 3.8) is 0 Å². The second-order valence-electron chi connectivity index (χ2n) is 4.88. The Labute approximate surface area is 119 Å². The number of nitrogens with one attached hydrogen (secondary N) is 1. The third kappa shape index (κ3) is 2.94. The average molecular weight is 299 g/mol. The minimum atomic E-state index is -3.64. The molecule has 1 heterocycles. The molecule has 0 radical (unpaired) electrons. The predicted octanol–water partition coefficient (Wildman–Crippen LogP) is 1.05. The van der Waals surface area contributed by atoms with Crippen LogP contribution in [0.5, 0.6) is 0 Å². The van der Waals surface area contributed by atoms with Crippen molar-refractivity contribution in [3.05, 3.63) is 18.3 Å². The lowest BCUT2D eigenvalue weighted by molar-refractivity contribution is 0.226. The Hall–Kier alpha value is -1.18. The van der Waals surface area contributed by atoms with Crippen molar-refractivity contribution in [1.29, 1.82) is 0 Å². The number of nitrogens with zero attached hydrogens (tertiary/aromatic N) is 2. The third-order valence-corrected chi connectivity index (χ3v) is 5.63. The van der Waals surface area contributed by atoms with Gasteiger partial charge in [-0.2, -0.15) is 4.31 Å². The van der Waals surface area contributed by atoms with Crippen LogP contribution in [0.4, 0.5) is 5.82 Å².